The van der Waals surface area contributed by atoms with E-state index in [4.69, 9.17) is 9.47 Å². The third-order valence-corrected chi connectivity index (χ3v) is 12.7. The number of carbonyl (C=O) groups is 9. The van der Waals surface area contributed by atoms with Crippen molar-refractivity contribution in [3.8, 4) is 0 Å². The number of hydrogen-bond acceptors (Lipinski definition) is 15. The van der Waals surface area contributed by atoms with Gasteiger partial charge in [0, 0.05) is 0 Å². The summed E-state index contributed by atoms with van der Waals surface area (Å²) in [7, 11) is 0. The molecule has 0 saturated carbocycles. The summed E-state index contributed by atoms with van der Waals surface area (Å²) in [5.74, 6) is -14.9. The van der Waals surface area contributed by atoms with Crippen molar-refractivity contribution in [1.82, 2.24) is 0 Å². The standard InChI is InChI=1S/C26H17F6O11.C18H7F6O5.Co.O/c1-2-40-18(33)11-19(34)41-7-8-42-21(37)14-5-3-12(9-16(14)20(35)36)24(25(27,28)29,26(30,31)32)13-4-6-15-17(10-13)23(39)43-22(15)38;19-17(20,21)16(18(22,23)24,9-3-1-2-8(6-9)13(25)26)10-4-5-11-12(7-10)15(28)29-14(11)27;;/h3-6,9-10H,1-2,7-8,11H2,(H,35,36);1,3-7H,(H,25,26);;. The minimum atomic E-state index is -6.34. The predicted molar refractivity (Wildman–Crippen MR) is 207 cm³/mol. The van der Waals surface area contributed by atoms with E-state index in [2.05, 4.69) is 14.2 Å². The Balaban J connectivity index is 1.08. The third kappa shape index (κ3) is 9.79. The van der Waals surface area contributed by atoms with Crippen LogP contribution in [0.3, 0.4) is 0 Å². The predicted octanol–water partition coefficient (Wildman–Crippen LogP) is 6.87. The van der Waals surface area contributed by atoms with Crippen molar-refractivity contribution in [1.29, 1.82) is 0 Å². The molecule has 2 aliphatic rings. The molecule has 0 amide bonds. The molecule has 0 fully saturated rings. The van der Waals surface area contributed by atoms with Crippen LogP contribution in [-0.4, -0.2) is 108 Å². The Bertz CT molecular complexity index is 3070. The van der Waals surface area contributed by atoms with Gasteiger partial charge in [0.25, 0.3) is 0 Å². The van der Waals surface area contributed by atoms with E-state index in [9.17, 15) is 110 Å². The summed E-state index contributed by atoms with van der Waals surface area (Å²) in [4.78, 5) is 109. The Morgan fingerprint density at radius 2 is 0.824 bits per heavy atom. The number of fused-ring (bicyclic) bond motifs is 2. The fraction of sp³-hybridized carbons (Fsp3) is 0.250. The van der Waals surface area contributed by atoms with Crippen molar-refractivity contribution in [3.05, 3.63) is 134 Å². The van der Waals surface area contributed by atoms with Crippen LogP contribution in [0.2, 0.25) is 5.36 Å². The zero-order valence-electron chi connectivity index (χ0n) is 35.9. The van der Waals surface area contributed by atoms with Gasteiger partial charge in [-0.1, -0.05) is 12.1 Å². The fourth-order valence-corrected chi connectivity index (χ4v) is 9.05. The number of carboxylic acids is 2. The number of benzene rings is 4. The number of hydrogen-bond donors (Lipinski definition) is 2. The molecule has 0 atom stereocenters. The molecule has 4 aromatic carbocycles. The van der Waals surface area contributed by atoms with E-state index < -0.39 is 200 Å². The first-order valence-corrected chi connectivity index (χ1v) is 21.5. The number of halogens is 12. The number of rotatable bonds is 16. The summed E-state index contributed by atoms with van der Waals surface area (Å²) < 4.78 is 212. The monoisotopic (exact) mass is 1110 g/mol. The van der Waals surface area contributed by atoms with Crippen LogP contribution in [0.15, 0.2) is 72.8 Å². The summed E-state index contributed by atoms with van der Waals surface area (Å²) in [5, 5.41) is 18.7. The van der Waals surface area contributed by atoms with E-state index in [0.29, 0.717) is 18.2 Å². The molecule has 4 aromatic rings. The molecule has 17 nitrogen and oxygen atoms in total. The maximum atomic E-state index is 14.8. The summed E-state index contributed by atoms with van der Waals surface area (Å²) in [6, 6.07) is 2.23. The molecule has 0 aliphatic carbocycles. The van der Waals surface area contributed by atoms with Crippen molar-refractivity contribution < 1.29 is 147 Å². The molecular formula is C44H24CoF12O17. The number of alkyl halides is 12. The molecule has 30 heteroatoms. The quantitative estimate of drug-likeness (QED) is 0.0381. The Morgan fingerprint density at radius 3 is 1.26 bits per heavy atom. The van der Waals surface area contributed by atoms with Gasteiger partial charge in [-0.2, -0.15) is 26.3 Å². The maximum absolute atomic E-state index is 14.8. The van der Waals surface area contributed by atoms with E-state index in [0.717, 1.165) is 0 Å². The number of cyclic esters (lactones) is 4. The van der Waals surface area contributed by atoms with Gasteiger partial charge in [0.05, 0.1) is 16.7 Å². The summed E-state index contributed by atoms with van der Waals surface area (Å²) in [6.45, 7) is -2.88. The second-order valence-electron chi connectivity index (χ2n) is 15.1. The summed E-state index contributed by atoms with van der Waals surface area (Å²) >= 11 is -3.10. The van der Waals surface area contributed by atoms with Gasteiger partial charge in [-0.05, 0) is 35.4 Å². The van der Waals surface area contributed by atoms with Crippen molar-refractivity contribution in [2.24, 2.45) is 0 Å². The second-order valence-corrected chi connectivity index (χ2v) is 17.1. The van der Waals surface area contributed by atoms with Crippen LogP contribution in [-0.2, 0) is 61.6 Å². The second kappa shape index (κ2) is 19.8. The molecule has 74 heavy (non-hydrogen) atoms. The SMILES string of the molecule is O=C(CC(=O)OC[CH2][Co](=[O])[c]1ccc(C(c2ccc3c(c2)C(=O)OC3=O)(C(F)(F)F)C(F)(F)F)cc1C(=O)O)OCCOC(=O)c1ccc(C(c2ccc3c(c2)C(=O)OC3=O)(C(F)(F)F)C(F)(F)F)cc1C(=O)O. The van der Waals surface area contributed by atoms with Crippen molar-refractivity contribution in [2.75, 3.05) is 19.8 Å². The summed E-state index contributed by atoms with van der Waals surface area (Å²) in [6.07, 6.45) is -26.6. The zero-order chi connectivity index (χ0) is 55.3. The van der Waals surface area contributed by atoms with Crippen LogP contribution in [0.5, 0.6) is 0 Å². The van der Waals surface area contributed by atoms with E-state index in [1.54, 1.807) is 0 Å². The zero-order valence-corrected chi connectivity index (χ0v) is 36.9. The third-order valence-electron chi connectivity index (χ3n) is 10.9. The first kappa shape index (κ1) is 55.3. The van der Waals surface area contributed by atoms with Crippen molar-refractivity contribution in [3.63, 3.8) is 0 Å². The molecule has 2 N–H and O–H groups in total. The van der Waals surface area contributed by atoms with Crippen LogP contribution in [0, 0.1) is 0 Å². The molecule has 0 aromatic heterocycles. The molecule has 0 radical (unpaired) electrons. The Kier molecular flexibility index (Phi) is 14.8. The van der Waals surface area contributed by atoms with Gasteiger partial charge in [-0.3, -0.25) is 0 Å². The molecule has 0 bridgehead atoms. The van der Waals surface area contributed by atoms with Crippen molar-refractivity contribution in [2.45, 2.75) is 47.3 Å². The molecule has 395 valence electrons. The van der Waals surface area contributed by atoms with Gasteiger partial charge in [0.15, 0.2) is 0 Å². The molecule has 2 aliphatic heterocycles. The Labute approximate surface area is 405 Å². The number of esters is 7. The van der Waals surface area contributed by atoms with E-state index in [1.807, 2.05) is 0 Å². The van der Waals surface area contributed by atoms with Crippen LogP contribution < -0.4 is 4.50 Å². The fourth-order valence-electron chi connectivity index (χ4n) is 7.69. The van der Waals surface area contributed by atoms with Gasteiger partial charge in [0.2, 0.25) is 5.41 Å². The van der Waals surface area contributed by atoms with Crippen molar-refractivity contribution >= 4 is 58.2 Å². The van der Waals surface area contributed by atoms with E-state index >= 15 is 0 Å². The first-order valence-electron chi connectivity index (χ1n) is 19.8. The van der Waals surface area contributed by atoms with E-state index in [-0.39, 0.29) is 54.6 Å². The van der Waals surface area contributed by atoms with Gasteiger partial charge in [-0.25, -0.2) is 14.4 Å². The smallest absolute Gasteiger partial charge is 0.478 e. The molecule has 2 heterocycles. The first-order chi connectivity index (χ1) is 34.2. The minimum absolute atomic E-state index is 0.0628. The van der Waals surface area contributed by atoms with Crippen LogP contribution >= 0.6 is 0 Å². The molecule has 6 rings (SSSR count). The van der Waals surface area contributed by atoms with Gasteiger partial charge in [-0.15, -0.1) is 0 Å². The van der Waals surface area contributed by atoms with Gasteiger partial charge >= 0.3 is 286 Å². The number of aromatic carboxylic acids is 2. The number of carbonyl (C=O) groups excluding carboxylic acids is 7. The van der Waals surface area contributed by atoms with Crippen LogP contribution in [0.1, 0.15) is 101 Å². The Hall–Kier alpha value is -8.02. The number of ether oxygens (including phenoxy) is 5. The molecule has 0 spiro atoms. The normalized spacial score (nSPS) is 14.1. The average molecular weight is 1110 g/mol. The topological polar surface area (TPSA) is 257 Å². The van der Waals surface area contributed by atoms with Gasteiger partial charge in [0.1, 0.15) is 0 Å². The minimum Gasteiger partial charge on any atom is -0.478 e. The number of carboxylic acid groups (broad SMARTS) is 2. The van der Waals surface area contributed by atoms with E-state index in [1.165, 1.54) is 0 Å². The van der Waals surface area contributed by atoms with Gasteiger partial charge < -0.3 is 9.84 Å². The molecular weight excluding hydrogens is 1090 g/mol. The molecule has 0 saturated heterocycles. The summed E-state index contributed by atoms with van der Waals surface area (Å²) in [5.41, 5.74) is -24.3. The van der Waals surface area contributed by atoms with Crippen LogP contribution in [0.25, 0.3) is 0 Å². The van der Waals surface area contributed by atoms with Crippen LogP contribution in [0.4, 0.5) is 52.7 Å². The molecule has 0 unspecified atom stereocenters. The average Bonchev–Trinajstić information content (AvgIpc) is 3.73. The Morgan fingerprint density at radius 1 is 0.459 bits per heavy atom.